The Morgan fingerprint density at radius 3 is 1.64 bits per heavy atom. The Morgan fingerprint density at radius 2 is 1.18 bits per heavy atom. The lowest BCUT2D eigenvalue weighted by Gasteiger charge is -2.29. The van der Waals surface area contributed by atoms with E-state index in [1.807, 2.05) is 0 Å². The van der Waals surface area contributed by atoms with Gasteiger partial charge in [-0.2, -0.15) is 0 Å². The Bertz CT molecular complexity index is 234. The molecule has 0 aromatic heterocycles. The highest BCUT2D eigenvalue weighted by Crippen LogP contribution is 2.33. The van der Waals surface area contributed by atoms with Gasteiger partial charge in [0.1, 0.15) is 0 Å². The van der Waals surface area contributed by atoms with E-state index < -0.39 is 8.32 Å². The number of unbranched alkanes of at least 4 members (excludes halogenated alkanes) is 8. The lowest BCUT2D eigenvalue weighted by molar-refractivity contribution is 0.162. The van der Waals surface area contributed by atoms with Crippen LogP contribution < -0.4 is 0 Å². The molecule has 1 heterocycles. The summed E-state index contributed by atoms with van der Waals surface area (Å²) in [7, 11) is -1.30. The molecule has 1 aliphatic heterocycles. The molecule has 1 aliphatic rings. The first-order valence-corrected chi connectivity index (χ1v) is 13.2. The monoisotopic (exact) mass is 326 g/mol. The van der Waals surface area contributed by atoms with Gasteiger partial charge in [0, 0.05) is 6.10 Å². The van der Waals surface area contributed by atoms with Crippen LogP contribution in [0.4, 0.5) is 0 Å². The molecule has 0 atom stereocenters. The van der Waals surface area contributed by atoms with E-state index in [1.165, 1.54) is 102 Å². The summed E-state index contributed by atoms with van der Waals surface area (Å²) >= 11 is 0. The zero-order valence-electron chi connectivity index (χ0n) is 15.8. The lowest BCUT2D eigenvalue weighted by atomic mass is 10.0. The predicted molar refractivity (Wildman–Crippen MR) is 102 cm³/mol. The molecule has 132 valence electrons. The van der Waals surface area contributed by atoms with Gasteiger partial charge in [-0.05, 0) is 31.5 Å². The predicted octanol–water partition coefficient (Wildman–Crippen LogP) is 7.46. The van der Waals surface area contributed by atoms with Gasteiger partial charge in [-0.1, -0.05) is 90.9 Å². The molecule has 22 heavy (non-hydrogen) atoms. The van der Waals surface area contributed by atoms with E-state index in [2.05, 4.69) is 20.4 Å². The van der Waals surface area contributed by atoms with Crippen molar-refractivity contribution in [1.82, 2.24) is 0 Å². The molecular formula is C20H42OSi. The van der Waals surface area contributed by atoms with E-state index in [-0.39, 0.29) is 0 Å². The summed E-state index contributed by atoms with van der Waals surface area (Å²) < 4.78 is 6.75. The summed E-state index contributed by atoms with van der Waals surface area (Å²) in [5, 5.41) is 0. The molecule has 1 saturated heterocycles. The van der Waals surface area contributed by atoms with Crippen molar-refractivity contribution in [2.75, 3.05) is 0 Å². The summed E-state index contributed by atoms with van der Waals surface area (Å²) in [5.74, 6) is 0. The molecule has 1 fully saturated rings. The van der Waals surface area contributed by atoms with Crippen LogP contribution in [0.15, 0.2) is 0 Å². The second-order valence-electron chi connectivity index (χ2n) is 7.80. The smallest absolute Gasteiger partial charge is 0.190 e. The second kappa shape index (κ2) is 12.6. The van der Waals surface area contributed by atoms with Crippen molar-refractivity contribution >= 4 is 8.32 Å². The molecule has 0 aliphatic carbocycles. The zero-order valence-corrected chi connectivity index (χ0v) is 16.8. The first-order chi connectivity index (χ1) is 10.7. The molecule has 0 amide bonds. The third-order valence-corrected chi connectivity index (χ3v) is 9.10. The molecule has 0 unspecified atom stereocenters. The van der Waals surface area contributed by atoms with Crippen LogP contribution in [-0.4, -0.2) is 14.4 Å². The van der Waals surface area contributed by atoms with Crippen molar-refractivity contribution in [3.63, 3.8) is 0 Å². The van der Waals surface area contributed by atoms with E-state index in [0.29, 0.717) is 6.10 Å². The average Bonchev–Trinajstić information content (AvgIpc) is 2.93. The average molecular weight is 327 g/mol. The summed E-state index contributed by atoms with van der Waals surface area (Å²) in [5.41, 5.74) is 0. The Labute approximate surface area is 141 Å². The van der Waals surface area contributed by atoms with Gasteiger partial charge >= 0.3 is 0 Å². The standard InChI is InChI=1S/C20H42OSi/c1-4-6-8-10-12-16-20(17-13-11-9-7-5-2)21-22(3)18-14-15-19-22/h20H,4-19H2,1-3H3. The van der Waals surface area contributed by atoms with Crippen LogP contribution in [0.25, 0.3) is 0 Å². The van der Waals surface area contributed by atoms with Crippen LogP contribution in [0, 0.1) is 0 Å². The van der Waals surface area contributed by atoms with Crippen molar-refractivity contribution in [1.29, 1.82) is 0 Å². The van der Waals surface area contributed by atoms with Crippen LogP contribution in [0.3, 0.4) is 0 Å². The van der Waals surface area contributed by atoms with Crippen LogP contribution in [0.5, 0.6) is 0 Å². The minimum Gasteiger partial charge on any atom is -0.414 e. The normalized spacial score (nSPS) is 17.5. The van der Waals surface area contributed by atoms with Crippen LogP contribution in [0.1, 0.15) is 104 Å². The Morgan fingerprint density at radius 1 is 0.727 bits per heavy atom. The van der Waals surface area contributed by atoms with Gasteiger partial charge in [0.05, 0.1) is 0 Å². The van der Waals surface area contributed by atoms with Gasteiger partial charge in [0.25, 0.3) is 0 Å². The van der Waals surface area contributed by atoms with E-state index >= 15 is 0 Å². The molecule has 1 nitrogen and oxygen atoms in total. The fraction of sp³-hybridized carbons (Fsp3) is 1.00. The van der Waals surface area contributed by atoms with E-state index in [0.717, 1.165) is 0 Å². The van der Waals surface area contributed by atoms with E-state index in [1.54, 1.807) is 0 Å². The number of rotatable bonds is 14. The number of hydrogen-bond donors (Lipinski definition) is 0. The highest BCUT2D eigenvalue weighted by Gasteiger charge is 2.35. The molecule has 1 rings (SSSR count). The summed E-state index contributed by atoms with van der Waals surface area (Å²) in [6, 6.07) is 2.85. The summed E-state index contributed by atoms with van der Waals surface area (Å²) in [4.78, 5) is 0. The maximum atomic E-state index is 6.75. The molecule has 0 aromatic rings. The topological polar surface area (TPSA) is 9.23 Å². The lowest BCUT2D eigenvalue weighted by Crippen LogP contribution is -2.35. The first kappa shape index (κ1) is 20.2. The molecular weight excluding hydrogens is 284 g/mol. The third-order valence-electron chi connectivity index (χ3n) is 5.37. The maximum absolute atomic E-state index is 6.75. The summed E-state index contributed by atoms with van der Waals surface area (Å²) in [6.45, 7) is 7.10. The van der Waals surface area contributed by atoms with Crippen molar-refractivity contribution < 1.29 is 4.43 Å². The molecule has 0 bridgehead atoms. The number of hydrogen-bond acceptors (Lipinski definition) is 1. The van der Waals surface area contributed by atoms with E-state index in [9.17, 15) is 0 Å². The van der Waals surface area contributed by atoms with Gasteiger partial charge in [-0.25, -0.2) is 0 Å². The van der Waals surface area contributed by atoms with Crippen LogP contribution in [0.2, 0.25) is 18.6 Å². The van der Waals surface area contributed by atoms with Gasteiger partial charge in [-0.3, -0.25) is 0 Å². The Kier molecular flexibility index (Phi) is 11.6. The fourth-order valence-electron chi connectivity index (χ4n) is 3.86. The van der Waals surface area contributed by atoms with Crippen molar-refractivity contribution in [2.45, 2.75) is 128 Å². The zero-order chi connectivity index (χ0) is 16.1. The van der Waals surface area contributed by atoms with Crippen molar-refractivity contribution in [3.05, 3.63) is 0 Å². The highest BCUT2D eigenvalue weighted by molar-refractivity contribution is 6.73. The molecule has 0 aromatic carbocycles. The van der Waals surface area contributed by atoms with E-state index in [4.69, 9.17) is 4.43 Å². The fourth-order valence-corrected chi connectivity index (χ4v) is 7.38. The van der Waals surface area contributed by atoms with Crippen molar-refractivity contribution in [3.8, 4) is 0 Å². The molecule has 0 N–H and O–H groups in total. The maximum Gasteiger partial charge on any atom is 0.190 e. The molecule has 0 spiro atoms. The minimum atomic E-state index is -1.30. The van der Waals surface area contributed by atoms with Crippen molar-refractivity contribution in [2.24, 2.45) is 0 Å². The Balaban J connectivity index is 2.25. The Hall–Kier alpha value is 0.177. The minimum absolute atomic E-state index is 0.595. The molecule has 0 saturated carbocycles. The van der Waals surface area contributed by atoms with Gasteiger partial charge in [0.15, 0.2) is 8.32 Å². The highest BCUT2D eigenvalue weighted by atomic mass is 28.4. The van der Waals surface area contributed by atoms with Gasteiger partial charge in [-0.15, -0.1) is 0 Å². The summed E-state index contributed by atoms with van der Waals surface area (Å²) in [6.07, 6.45) is 20.1. The quantitative estimate of drug-likeness (QED) is 0.238. The first-order valence-electron chi connectivity index (χ1n) is 10.4. The SMILES string of the molecule is CCCCCCCC(CCCCCCC)O[Si]1(C)CCCC1. The second-order valence-corrected chi connectivity index (χ2v) is 11.9. The van der Waals surface area contributed by atoms with Crippen LogP contribution >= 0.6 is 0 Å². The van der Waals surface area contributed by atoms with Crippen LogP contribution in [-0.2, 0) is 4.43 Å². The van der Waals surface area contributed by atoms with Gasteiger partial charge in [0.2, 0.25) is 0 Å². The molecule has 2 heteroatoms. The molecule has 0 radical (unpaired) electrons. The third kappa shape index (κ3) is 9.35. The van der Waals surface area contributed by atoms with Gasteiger partial charge < -0.3 is 4.43 Å². The largest absolute Gasteiger partial charge is 0.414 e.